The first-order chi connectivity index (χ1) is 13.1. The van der Waals surface area contributed by atoms with Gasteiger partial charge in [-0.1, -0.05) is 59.2 Å². The van der Waals surface area contributed by atoms with E-state index >= 15 is 0 Å². The second-order valence-electron chi connectivity index (χ2n) is 6.77. The summed E-state index contributed by atoms with van der Waals surface area (Å²) < 4.78 is 5.07. The predicted molar refractivity (Wildman–Crippen MR) is 107 cm³/mol. The van der Waals surface area contributed by atoms with Crippen molar-refractivity contribution in [2.75, 3.05) is 26.8 Å². The molecule has 0 radical (unpaired) electrons. The number of ether oxygens (including phenoxy) is 1. The van der Waals surface area contributed by atoms with Crippen molar-refractivity contribution in [2.24, 2.45) is 5.16 Å². The van der Waals surface area contributed by atoms with Gasteiger partial charge in [0.05, 0.1) is 18.4 Å². The van der Waals surface area contributed by atoms with Crippen molar-refractivity contribution in [2.45, 2.75) is 25.2 Å². The molecule has 0 aliphatic carbocycles. The minimum absolute atomic E-state index is 0.0471. The van der Waals surface area contributed by atoms with E-state index in [0.717, 1.165) is 24.2 Å². The van der Waals surface area contributed by atoms with Gasteiger partial charge in [0.25, 0.3) is 0 Å². The quantitative estimate of drug-likeness (QED) is 0.715. The molecule has 0 aromatic heterocycles. The average Bonchev–Trinajstić information content (AvgIpc) is 3.11. The van der Waals surface area contributed by atoms with Crippen molar-refractivity contribution in [3.05, 3.63) is 70.7 Å². The van der Waals surface area contributed by atoms with Crippen LogP contribution in [0, 0.1) is 0 Å². The Hall–Kier alpha value is -1.92. The van der Waals surface area contributed by atoms with Gasteiger partial charge in [-0.15, -0.1) is 0 Å². The SMILES string of the molecule is COC[C@H](O)CN(Cc1ccccc1)C[C@H]1CC(c2ccc(Cl)cc2)=NO1. The van der Waals surface area contributed by atoms with Crippen LogP contribution in [0.2, 0.25) is 5.02 Å². The van der Waals surface area contributed by atoms with Crippen LogP contribution in [-0.2, 0) is 16.1 Å². The lowest BCUT2D eigenvalue weighted by Crippen LogP contribution is -2.39. The molecular weight excluding hydrogens is 364 g/mol. The summed E-state index contributed by atoms with van der Waals surface area (Å²) in [6, 6.07) is 17.8. The molecule has 3 rings (SSSR count). The van der Waals surface area contributed by atoms with Crippen LogP contribution in [0.25, 0.3) is 0 Å². The number of aliphatic hydroxyl groups is 1. The Kier molecular flexibility index (Phi) is 7.24. The third kappa shape index (κ3) is 6.04. The molecule has 1 heterocycles. The van der Waals surface area contributed by atoms with E-state index in [1.807, 2.05) is 42.5 Å². The molecule has 0 unspecified atom stereocenters. The lowest BCUT2D eigenvalue weighted by molar-refractivity contribution is 0.00921. The minimum Gasteiger partial charge on any atom is -0.390 e. The Morgan fingerprint density at radius 2 is 1.96 bits per heavy atom. The van der Waals surface area contributed by atoms with Crippen LogP contribution in [0.5, 0.6) is 0 Å². The highest BCUT2D eigenvalue weighted by Crippen LogP contribution is 2.20. The number of oxime groups is 1. The van der Waals surface area contributed by atoms with Gasteiger partial charge in [-0.3, -0.25) is 4.90 Å². The van der Waals surface area contributed by atoms with Gasteiger partial charge >= 0.3 is 0 Å². The molecule has 1 N–H and O–H groups in total. The van der Waals surface area contributed by atoms with Gasteiger partial charge in [0.1, 0.15) is 6.10 Å². The summed E-state index contributed by atoms with van der Waals surface area (Å²) in [5.74, 6) is 0. The zero-order valence-corrected chi connectivity index (χ0v) is 16.2. The largest absolute Gasteiger partial charge is 0.390 e. The number of benzene rings is 2. The Morgan fingerprint density at radius 3 is 2.67 bits per heavy atom. The van der Waals surface area contributed by atoms with Crippen molar-refractivity contribution >= 4 is 17.3 Å². The first-order valence-corrected chi connectivity index (χ1v) is 9.43. The van der Waals surface area contributed by atoms with Crippen molar-refractivity contribution < 1.29 is 14.7 Å². The molecule has 2 atom stereocenters. The second kappa shape index (κ2) is 9.85. The molecule has 144 valence electrons. The van der Waals surface area contributed by atoms with E-state index in [9.17, 15) is 5.11 Å². The fourth-order valence-electron chi connectivity index (χ4n) is 3.22. The third-order valence-corrected chi connectivity index (χ3v) is 4.70. The number of methoxy groups -OCH3 is 1. The van der Waals surface area contributed by atoms with Crippen molar-refractivity contribution in [1.29, 1.82) is 0 Å². The summed E-state index contributed by atoms with van der Waals surface area (Å²) in [7, 11) is 1.59. The highest BCUT2D eigenvalue weighted by atomic mass is 35.5. The number of halogens is 1. The molecule has 0 spiro atoms. The van der Waals surface area contributed by atoms with E-state index in [1.54, 1.807) is 7.11 Å². The maximum atomic E-state index is 10.2. The number of rotatable bonds is 9. The van der Waals surface area contributed by atoms with E-state index in [2.05, 4.69) is 22.2 Å². The molecule has 5 nitrogen and oxygen atoms in total. The summed E-state index contributed by atoms with van der Waals surface area (Å²) >= 11 is 5.96. The van der Waals surface area contributed by atoms with E-state index in [1.165, 1.54) is 5.56 Å². The number of aliphatic hydroxyl groups excluding tert-OH is 1. The van der Waals surface area contributed by atoms with E-state index < -0.39 is 6.10 Å². The highest BCUT2D eigenvalue weighted by molar-refractivity contribution is 6.30. The summed E-state index contributed by atoms with van der Waals surface area (Å²) in [6.07, 6.45) is 0.138. The highest BCUT2D eigenvalue weighted by Gasteiger charge is 2.25. The van der Waals surface area contributed by atoms with E-state index in [-0.39, 0.29) is 6.10 Å². The number of hydrogen-bond acceptors (Lipinski definition) is 5. The molecule has 0 fully saturated rings. The molecule has 0 saturated carbocycles. The van der Waals surface area contributed by atoms with Gasteiger partial charge in [-0.05, 0) is 23.3 Å². The van der Waals surface area contributed by atoms with Crippen LogP contribution < -0.4 is 0 Å². The standard InChI is InChI=1S/C21H25ClN2O3/c1-26-15-19(25)13-24(12-16-5-3-2-4-6-16)14-20-11-21(23-27-20)17-7-9-18(22)10-8-17/h2-10,19-20,25H,11-15H2,1H3/t19-,20-/m1/s1. The molecule has 1 aliphatic rings. The molecule has 2 aromatic carbocycles. The fourth-order valence-corrected chi connectivity index (χ4v) is 3.34. The van der Waals surface area contributed by atoms with Crippen molar-refractivity contribution in [3.8, 4) is 0 Å². The molecule has 1 aliphatic heterocycles. The Morgan fingerprint density at radius 1 is 1.22 bits per heavy atom. The number of nitrogens with zero attached hydrogens (tertiary/aromatic N) is 2. The average molecular weight is 389 g/mol. The zero-order valence-electron chi connectivity index (χ0n) is 15.4. The Bertz CT molecular complexity index is 737. The first kappa shape index (κ1) is 19.8. The van der Waals surface area contributed by atoms with Crippen LogP contribution in [-0.4, -0.2) is 54.7 Å². The summed E-state index contributed by atoms with van der Waals surface area (Å²) in [6.45, 7) is 2.23. The van der Waals surface area contributed by atoms with E-state index in [4.69, 9.17) is 21.2 Å². The smallest absolute Gasteiger partial charge is 0.145 e. The monoisotopic (exact) mass is 388 g/mol. The van der Waals surface area contributed by atoms with Gasteiger partial charge < -0.3 is 14.7 Å². The minimum atomic E-state index is -0.545. The van der Waals surface area contributed by atoms with Crippen LogP contribution in [0.1, 0.15) is 17.5 Å². The molecule has 2 aromatic rings. The second-order valence-corrected chi connectivity index (χ2v) is 7.20. The normalized spacial score (nSPS) is 17.6. The number of hydrogen-bond donors (Lipinski definition) is 1. The van der Waals surface area contributed by atoms with Gasteiger partial charge in [-0.25, -0.2) is 0 Å². The lowest BCUT2D eigenvalue weighted by Gasteiger charge is -2.26. The summed E-state index contributed by atoms with van der Waals surface area (Å²) in [5, 5.41) is 15.1. The lowest BCUT2D eigenvalue weighted by atomic mass is 10.0. The molecule has 6 heteroatoms. The molecular formula is C21H25ClN2O3. The summed E-state index contributed by atoms with van der Waals surface area (Å²) in [4.78, 5) is 7.84. The zero-order chi connectivity index (χ0) is 19.1. The van der Waals surface area contributed by atoms with Crippen molar-refractivity contribution in [1.82, 2.24) is 4.90 Å². The topological polar surface area (TPSA) is 54.3 Å². The van der Waals surface area contributed by atoms with Crippen LogP contribution in [0.3, 0.4) is 0 Å². The van der Waals surface area contributed by atoms with Crippen LogP contribution in [0.15, 0.2) is 59.8 Å². The third-order valence-electron chi connectivity index (χ3n) is 4.45. The Balaban J connectivity index is 1.61. The molecule has 0 amide bonds. The van der Waals surface area contributed by atoms with Gasteiger partial charge in [-0.2, -0.15) is 0 Å². The van der Waals surface area contributed by atoms with Gasteiger partial charge in [0.15, 0.2) is 0 Å². The molecule has 27 heavy (non-hydrogen) atoms. The predicted octanol–water partition coefficient (Wildman–Crippen LogP) is 3.34. The molecule has 0 bridgehead atoms. The Labute approximate surface area is 165 Å². The maximum Gasteiger partial charge on any atom is 0.145 e. The van der Waals surface area contributed by atoms with Crippen molar-refractivity contribution in [3.63, 3.8) is 0 Å². The maximum absolute atomic E-state index is 10.2. The first-order valence-electron chi connectivity index (χ1n) is 9.06. The molecule has 0 saturated heterocycles. The van der Waals surface area contributed by atoms with E-state index in [0.29, 0.717) is 24.7 Å². The van der Waals surface area contributed by atoms with Crippen LogP contribution >= 0.6 is 11.6 Å². The van der Waals surface area contributed by atoms with Crippen LogP contribution in [0.4, 0.5) is 0 Å². The van der Waals surface area contributed by atoms with Gasteiger partial charge in [0, 0.05) is 38.2 Å². The summed E-state index contributed by atoms with van der Waals surface area (Å²) in [5.41, 5.74) is 3.14. The van der Waals surface area contributed by atoms with Gasteiger partial charge in [0.2, 0.25) is 0 Å². The fraction of sp³-hybridized carbons (Fsp3) is 0.381.